The number of carbonyl (C=O) groups excluding carboxylic acids is 1. The summed E-state index contributed by atoms with van der Waals surface area (Å²) < 4.78 is 39.9. The number of amides is 1. The fraction of sp³-hybridized carbons (Fsp3) is 0.190. The third kappa shape index (κ3) is 6.33. The fourth-order valence-corrected chi connectivity index (χ4v) is 2.87. The van der Waals surface area contributed by atoms with Crippen LogP contribution in [0.15, 0.2) is 53.5 Å². The lowest BCUT2D eigenvalue weighted by Crippen LogP contribution is -2.27. The topological polar surface area (TPSA) is 103 Å². The first-order chi connectivity index (χ1) is 14.7. The van der Waals surface area contributed by atoms with Crippen molar-refractivity contribution >= 4 is 29.6 Å². The standard InChI is InChI=1S/C21H19F3N4O3/c22-21(23,24)16-9-15(10-17(11-16)28-20-25-6-7-26-20)19(31)27-12-14-3-1-2-13(8-14)4-5-18(29)30/h1-5,8-11H,6-7,12H2,(H,27,31)(H,29,30)(H2,25,26,28). The molecule has 0 radical (unpaired) electrons. The Morgan fingerprint density at radius 3 is 2.68 bits per heavy atom. The minimum Gasteiger partial charge on any atom is -0.478 e. The Hall–Kier alpha value is -3.82. The van der Waals surface area contributed by atoms with E-state index in [4.69, 9.17) is 5.11 Å². The first kappa shape index (κ1) is 21.9. The van der Waals surface area contributed by atoms with Gasteiger partial charge in [0.2, 0.25) is 0 Å². The molecule has 3 rings (SSSR count). The number of aliphatic carboxylic acids is 1. The van der Waals surface area contributed by atoms with E-state index < -0.39 is 23.6 Å². The lowest BCUT2D eigenvalue weighted by atomic mass is 10.1. The van der Waals surface area contributed by atoms with E-state index >= 15 is 0 Å². The highest BCUT2D eigenvalue weighted by atomic mass is 19.4. The molecule has 1 aliphatic heterocycles. The van der Waals surface area contributed by atoms with E-state index in [-0.39, 0.29) is 17.8 Å². The van der Waals surface area contributed by atoms with Crippen molar-refractivity contribution in [3.05, 3.63) is 70.8 Å². The van der Waals surface area contributed by atoms with Gasteiger partial charge in [0.1, 0.15) is 0 Å². The molecule has 0 saturated heterocycles. The largest absolute Gasteiger partial charge is 0.478 e. The van der Waals surface area contributed by atoms with Crippen molar-refractivity contribution in [1.82, 2.24) is 10.6 Å². The molecule has 1 heterocycles. The number of rotatable bonds is 6. The van der Waals surface area contributed by atoms with E-state index in [1.807, 2.05) is 0 Å². The van der Waals surface area contributed by atoms with Gasteiger partial charge in [-0.2, -0.15) is 13.2 Å². The van der Waals surface area contributed by atoms with Gasteiger partial charge in [-0.25, -0.2) is 4.79 Å². The molecule has 1 amide bonds. The maximum Gasteiger partial charge on any atom is 0.416 e. The van der Waals surface area contributed by atoms with Crippen molar-refractivity contribution < 1.29 is 27.9 Å². The Labute approximate surface area is 175 Å². The summed E-state index contributed by atoms with van der Waals surface area (Å²) in [7, 11) is 0. The number of carboxylic acid groups (broad SMARTS) is 1. The molecule has 0 saturated carbocycles. The number of nitrogens with zero attached hydrogens (tertiary/aromatic N) is 1. The van der Waals surface area contributed by atoms with Crippen LogP contribution < -0.4 is 16.0 Å². The van der Waals surface area contributed by atoms with Crippen LogP contribution in [0.5, 0.6) is 0 Å². The minimum absolute atomic E-state index is 0.0564. The second kappa shape index (κ2) is 9.33. The Bertz CT molecular complexity index is 1050. The van der Waals surface area contributed by atoms with Crippen LogP contribution in [-0.4, -0.2) is 36.0 Å². The van der Waals surface area contributed by atoms with Crippen LogP contribution in [-0.2, 0) is 17.5 Å². The summed E-state index contributed by atoms with van der Waals surface area (Å²) in [4.78, 5) is 27.2. The second-order valence-electron chi connectivity index (χ2n) is 6.68. The van der Waals surface area contributed by atoms with Gasteiger partial charge in [-0.3, -0.25) is 9.79 Å². The van der Waals surface area contributed by atoms with E-state index in [1.54, 1.807) is 24.3 Å². The zero-order valence-corrected chi connectivity index (χ0v) is 16.2. The number of halogens is 3. The predicted molar refractivity (Wildman–Crippen MR) is 110 cm³/mol. The lowest BCUT2D eigenvalue weighted by Gasteiger charge is -2.14. The van der Waals surface area contributed by atoms with E-state index in [2.05, 4.69) is 20.9 Å². The molecular weight excluding hydrogens is 413 g/mol. The Kier molecular flexibility index (Phi) is 6.58. The Morgan fingerprint density at radius 1 is 1.19 bits per heavy atom. The molecule has 0 atom stereocenters. The maximum absolute atomic E-state index is 13.3. The lowest BCUT2D eigenvalue weighted by molar-refractivity contribution is -0.137. The summed E-state index contributed by atoms with van der Waals surface area (Å²) in [6, 6.07) is 9.77. The van der Waals surface area contributed by atoms with Crippen LogP contribution in [0.4, 0.5) is 18.9 Å². The van der Waals surface area contributed by atoms with E-state index in [0.29, 0.717) is 30.2 Å². The summed E-state index contributed by atoms with van der Waals surface area (Å²) in [6.45, 7) is 1.14. The highest BCUT2D eigenvalue weighted by Gasteiger charge is 2.32. The third-order valence-corrected chi connectivity index (χ3v) is 4.28. The molecule has 0 aliphatic carbocycles. The molecule has 0 bridgehead atoms. The number of hydrogen-bond acceptors (Lipinski definition) is 5. The van der Waals surface area contributed by atoms with Crippen LogP contribution in [0.25, 0.3) is 6.08 Å². The molecule has 31 heavy (non-hydrogen) atoms. The molecule has 0 aromatic heterocycles. The molecule has 162 valence electrons. The van der Waals surface area contributed by atoms with Crippen molar-refractivity contribution in [2.45, 2.75) is 12.7 Å². The Morgan fingerprint density at radius 2 is 2.00 bits per heavy atom. The normalized spacial score (nSPS) is 13.6. The van der Waals surface area contributed by atoms with Crippen molar-refractivity contribution in [1.29, 1.82) is 0 Å². The molecule has 7 nitrogen and oxygen atoms in total. The number of benzene rings is 2. The van der Waals surface area contributed by atoms with Gasteiger partial charge in [0.05, 0.1) is 12.1 Å². The number of hydrogen-bond donors (Lipinski definition) is 4. The zero-order valence-electron chi connectivity index (χ0n) is 16.2. The summed E-state index contributed by atoms with van der Waals surface area (Å²) in [5, 5.41) is 16.9. The summed E-state index contributed by atoms with van der Waals surface area (Å²) in [5.41, 5.74) is 0.258. The molecule has 10 heteroatoms. The second-order valence-corrected chi connectivity index (χ2v) is 6.68. The van der Waals surface area contributed by atoms with Crippen LogP contribution in [0.3, 0.4) is 0 Å². The average molecular weight is 432 g/mol. The number of alkyl halides is 3. The summed E-state index contributed by atoms with van der Waals surface area (Å²) in [5.74, 6) is -1.43. The average Bonchev–Trinajstić information content (AvgIpc) is 3.23. The van der Waals surface area contributed by atoms with Crippen LogP contribution in [0.2, 0.25) is 0 Å². The fourth-order valence-electron chi connectivity index (χ4n) is 2.87. The number of guanidine groups is 1. The molecule has 1 aliphatic rings. The van der Waals surface area contributed by atoms with Crippen molar-refractivity contribution in [2.24, 2.45) is 4.99 Å². The molecule has 0 fully saturated rings. The van der Waals surface area contributed by atoms with E-state index in [0.717, 1.165) is 18.2 Å². The zero-order chi connectivity index (χ0) is 22.4. The van der Waals surface area contributed by atoms with Gasteiger partial charge in [-0.05, 0) is 41.5 Å². The van der Waals surface area contributed by atoms with E-state index in [9.17, 15) is 22.8 Å². The monoisotopic (exact) mass is 432 g/mol. The SMILES string of the molecule is O=C(O)C=Cc1cccc(CNC(=O)c2cc(NC3=NCCN3)cc(C(F)(F)F)c2)c1. The predicted octanol–water partition coefficient (Wildman–Crippen LogP) is 3.10. The van der Waals surface area contributed by atoms with Gasteiger partial charge >= 0.3 is 12.1 Å². The smallest absolute Gasteiger partial charge is 0.416 e. The number of anilines is 1. The molecule has 0 spiro atoms. The van der Waals surface area contributed by atoms with E-state index in [1.165, 1.54) is 12.1 Å². The van der Waals surface area contributed by atoms with Gasteiger partial charge in [0.25, 0.3) is 5.91 Å². The first-order valence-electron chi connectivity index (χ1n) is 9.26. The first-order valence-corrected chi connectivity index (χ1v) is 9.26. The maximum atomic E-state index is 13.3. The molecular formula is C21H19F3N4O3. The van der Waals surface area contributed by atoms with Gasteiger partial charge in [-0.15, -0.1) is 0 Å². The van der Waals surface area contributed by atoms with Gasteiger partial charge in [-0.1, -0.05) is 18.2 Å². The van der Waals surface area contributed by atoms with Crippen molar-refractivity contribution in [3.63, 3.8) is 0 Å². The van der Waals surface area contributed by atoms with Gasteiger partial charge in [0.15, 0.2) is 5.96 Å². The third-order valence-electron chi connectivity index (χ3n) is 4.28. The number of carboxylic acids is 1. The van der Waals surface area contributed by atoms with Crippen molar-refractivity contribution in [2.75, 3.05) is 18.4 Å². The molecule has 4 N–H and O–H groups in total. The number of nitrogens with one attached hydrogen (secondary N) is 3. The minimum atomic E-state index is -4.62. The van der Waals surface area contributed by atoms with Gasteiger partial charge in [0, 0.05) is 30.4 Å². The highest BCUT2D eigenvalue weighted by molar-refractivity contribution is 5.98. The molecule has 2 aromatic rings. The van der Waals surface area contributed by atoms with Crippen LogP contribution in [0, 0.1) is 0 Å². The summed E-state index contributed by atoms with van der Waals surface area (Å²) in [6.07, 6.45) is -2.24. The number of carbonyl (C=O) groups is 2. The molecule has 0 unspecified atom stereocenters. The van der Waals surface area contributed by atoms with Crippen LogP contribution >= 0.6 is 0 Å². The van der Waals surface area contributed by atoms with Crippen LogP contribution in [0.1, 0.15) is 27.0 Å². The quantitative estimate of drug-likeness (QED) is 0.526. The number of aliphatic imine (C=N–C) groups is 1. The highest BCUT2D eigenvalue weighted by Crippen LogP contribution is 2.32. The summed E-state index contributed by atoms with van der Waals surface area (Å²) >= 11 is 0. The Balaban J connectivity index is 1.76. The van der Waals surface area contributed by atoms with Crippen molar-refractivity contribution in [3.8, 4) is 0 Å². The van der Waals surface area contributed by atoms with Gasteiger partial charge < -0.3 is 21.1 Å². The molecule has 2 aromatic carbocycles.